The van der Waals surface area contributed by atoms with Gasteiger partial charge in [0, 0.05) is 67.5 Å². The number of carbonyl (C=O) groups is 2. The van der Waals surface area contributed by atoms with Gasteiger partial charge in [0.05, 0.1) is 6.54 Å². The lowest BCUT2D eigenvalue weighted by Gasteiger charge is -2.41. The minimum Gasteiger partial charge on any atom is -0.368 e. The van der Waals surface area contributed by atoms with Gasteiger partial charge in [-0.15, -0.1) is 0 Å². The first-order valence-electron chi connectivity index (χ1n) is 13.1. The standard InChI is InChI=1S/C28H37Cl2N5O2/c1-19(2)15-24(31)22-5-3-4-6-25(22)33-11-13-34(14-12-33)28(37)26(35-10-9-32-18-27(35)36)16-20-7-8-21(29)17-23(20)30/h3-8,17,19,24,26,32H,9-16,18,31H2,1-2H3. The number of nitrogens with two attached hydrogens (primary N) is 1. The molecule has 9 heteroatoms. The van der Waals surface area contributed by atoms with Crippen molar-refractivity contribution in [3.05, 3.63) is 63.6 Å². The van der Waals surface area contributed by atoms with Crippen molar-refractivity contribution in [1.82, 2.24) is 15.1 Å². The zero-order valence-electron chi connectivity index (χ0n) is 21.6. The number of para-hydroxylation sites is 1. The summed E-state index contributed by atoms with van der Waals surface area (Å²) in [5.74, 6) is 0.406. The minimum atomic E-state index is -0.605. The van der Waals surface area contributed by atoms with Crippen molar-refractivity contribution in [3.8, 4) is 0 Å². The molecule has 0 spiro atoms. The monoisotopic (exact) mass is 545 g/mol. The van der Waals surface area contributed by atoms with Crippen LogP contribution in [0, 0.1) is 5.92 Å². The van der Waals surface area contributed by atoms with Crippen LogP contribution in [0.2, 0.25) is 10.0 Å². The fourth-order valence-electron chi connectivity index (χ4n) is 5.28. The Balaban J connectivity index is 1.49. The number of anilines is 1. The summed E-state index contributed by atoms with van der Waals surface area (Å²) >= 11 is 12.5. The Hall–Kier alpha value is -2.32. The Morgan fingerprint density at radius 2 is 1.78 bits per heavy atom. The zero-order valence-corrected chi connectivity index (χ0v) is 23.1. The molecule has 4 rings (SSSR count). The highest BCUT2D eigenvalue weighted by atomic mass is 35.5. The van der Waals surface area contributed by atoms with E-state index < -0.39 is 6.04 Å². The van der Waals surface area contributed by atoms with Gasteiger partial charge in [0.2, 0.25) is 11.8 Å². The number of piperazine rings is 2. The molecule has 2 aliphatic heterocycles. The molecule has 0 bridgehead atoms. The van der Waals surface area contributed by atoms with Gasteiger partial charge in [-0.25, -0.2) is 0 Å². The predicted molar refractivity (Wildman–Crippen MR) is 150 cm³/mol. The third-order valence-electron chi connectivity index (χ3n) is 7.21. The van der Waals surface area contributed by atoms with Gasteiger partial charge in [0.1, 0.15) is 6.04 Å². The van der Waals surface area contributed by atoms with E-state index in [0.29, 0.717) is 61.7 Å². The van der Waals surface area contributed by atoms with E-state index in [9.17, 15) is 9.59 Å². The van der Waals surface area contributed by atoms with E-state index in [2.05, 4.69) is 36.2 Å². The van der Waals surface area contributed by atoms with Gasteiger partial charge in [-0.2, -0.15) is 0 Å². The summed E-state index contributed by atoms with van der Waals surface area (Å²) in [7, 11) is 0. The lowest BCUT2D eigenvalue weighted by molar-refractivity contribution is -0.146. The second-order valence-corrected chi connectivity index (χ2v) is 11.2. The number of carbonyl (C=O) groups excluding carboxylic acids is 2. The van der Waals surface area contributed by atoms with E-state index in [1.54, 1.807) is 17.0 Å². The van der Waals surface area contributed by atoms with E-state index in [1.165, 1.54) is 0 Å². The van der Waals surface area contributed by atoms with Gasteiger partial charge in [0.15, 0.2) is 0 Å². The molecule has 37 heavy (non-hydrogen) atoms. The van der Waals surface area contributed by atoms with Gasteiger partial charge >= 0.3 is 0 Å². The topological polar surface area (TPSA) is 81.9 Å². The van der Waals surface area contributed by atoms with Crippen LogP contribution in [0.15, 0.2) is 42.5 Å². The molecule has 2 fully saturated rings. The maximum atomic E-state index is 13.9. The van der Waals surface area contributed by atoms with Crippen molar-refractivity contribution in [2.45, 2.75) is 38.8 Å². The molecule has 0 radical (unpaired) electrons. The lowest BCUT2D eigenvalue weighted by Crippen LogP contribution is -2.60. The summed E-state index contributed by atoms with van der Waals surface area (Å²) in [5, 5.41) is 4.14. The molecule has 2 aliphatic rings. The highest BCUT2D eigenvalue weighted by Crippen LogP contribution is 2.30. The van der Waals surface area contributed by atoms with E-state index >= 15 is 0 Å². The van der Waals surface area contributed by atoms with Gasteiger partial charge in [-0.1, -0.05) is 61.3 Å². The number of hydrogen-bond acceptors (Lipinski definition) is 5. The van der Waals surface area contributed by atoms with Crippen LogP contribution in [-0.4, -0.2) is 73.5 Å². The van der Waals surface area contributed by atoms with E-state index in [1.807, 2.05) is 23.1 Å². The molecule has 7 nitrogen and oxygen atoms in total. The lowest BCUT2D eigenvalue weighted by atomic mass is 9.96. The maximum absolute atomic E-state index is 13.9. The Bertz CT molecular complexity index is 1100. The molecule has 2 heterocycles. The van der Waals surface area contributed by atoms with Crippen LogP contribution in [0.4, 0.5) is 5.69 Å². The van der Waals surface area contributed by atoms with Crippen LogP contribution in [0.1, 0.15) is 37.4 Å². The largest absolute Gasteiger partial charge is 0.368 e. The normalized spacial score (nSPS) is 18.3. The summed E-state index contributed by atoms with van der Waals surface area (Å²) in [5.41, 5.74) is 9.66. The molecular formula is C28H37Cl2N5O2. The second kappa shape index (κ2) is 12.5. The highest BCUT2D eigenvalue weighted by molar-refractivity contribution is 6.35. The SMILES string of the molecule is CC(C)CC(N)c1ccccc1N1CCN(C(=O)C(Cc2ccc(Cl)cc2Cl)N2CCNCC2=O)CC1. The molecule has 2 unspecified atom stereocenters. The summed E-state index contributed by atoms with van der Waals surface area (Å²) in [4.78, 5) is 32.6. The smallest absolute Gasteiger partial charge is 0.245 e. The Morgan fingerprint density at radius 1 is 1.05 bits per heavy atom. The first kappa shape index (κ1) is 27.7. The number of hydrogen-bond donors (Lipinski definition) is 2. The summed E-state index contributed by atoms with van der Waals surface area (Å²) in [6, 6.07) is 13.0. The Labute approximate surface area is 229 Å². The maximum Gasteiger partial charge on any atom is 0.245 e. The van der Waals surface area contributed by atoms with Crippen molar-refractivity contribution < 1.29 is 9.59 Å². The summed E-state index contributed by atoms with van der Waals surface area (Å²) in [6.07, 6.45) is 1.27. The molecule has 3 N–H and O–H groups in total. The number of nitrogens with zero attached hydrogens (tertiary/aromatic N) is 3. The van der Waals surface area contributed by atoms with Crippen LogP contribution in [-0.2, 0) is 16.0 Å². The summed E-state index contributed by atoms with van der Waals surface area (Å²) < 4.78 is 0. The molecule has 200 valence electrons. The third kappa shape index (κ3) is 6.77. The zero-order chi connectivity index (χ0) is 26.5. The molecular weight excluding hydrogens is 509 g/mol. The van der Waals surface area contributed by atoms with Crippen LogP contribution in [0.3, 0.4) is 0 Å². The first-order chi connectivity index (χ1) is 17.7. The highest BCUT2D eigenvalue weighted by Gasteiger charge is 2.36. The average molecular weight is 547 g/mol. The van der Waals surface area contributed by atoms with E-state index in [0.717, 1.165) is 23.2 Å². The van der Waals surface area contributed by atoms with E-state index in [-0.39, 0.29) is 24.4 Å². The number of halogens is 2. The fourth-order valence-corrected chi connectivity index (χ4v) is 5.77. The van der Waals surface area contributed by atoms with Crippen molar-refractivity contribution >= 4 is 40.7 Å². The van der Waals surface area contributed by atoms with Crippen LogP contribution in [0.25, 0.3) is 0 Å². The van der Waals surface area contributed by atoms with Crippen molar-refractivity contribution in [2.24, 2.45) is 11.7 Å². The molecule has 0 saturated carbocycles. The van der Waals surface area contributed by atoms with Crippen LogP contribution < -0.4 is 16.0 Å². The quantitative estimate of drug-likeness (QED) is 0.528. The number of nitrogens with one attached hydrogen (secondary N) is 1. The molecule has 0 aliphatic carbocycles. The van der Waals surface area contributed by atoms with Crippen molar-refractivity contribution in [2.75, 3.05) is 50.7 Å². The first-order valence-corrected chi connectivity index (χ1v) is 13.8. The Morgan fingerprint density at radius 3 is 2.46 bits per heavy atom. The number of benzene rings is 2. The van der Waals surface area contributed by atoms with E-state index in [4.69, 9.17) is 28.9 Å². The van der Waals surface area contributed by atoms with Gasteiger partial charge < -0.3 is 25.8 Å². The second-order valence-electron chi connectivity index (χ2n) is 10.3. The third-order valence-corrected chi connectivity index (χ3v) is 7.80. The van der Waals surface area contributed by atoms with Gasteiger partial charge in [-0.3, -0.25) is 9.59 Å². The molecule has 2 atom stereocenters. The Kier molecular flexibility index (Phi) is 9.35. The van der Waals surface area contributed by atoms with Gasteiger partial charge in [0.25, 0.3) is 0 Å². The average Bonchev–Trinajstić information content (AvgIpc) is 2.88. The number of amides is 2. The molecule has 0 aromatic heterocycles. The molecule has 2 saturated heterocycles. The van der Waals surface area contributed by atoms with Crippen molar-refractivity contribution in [3.63, 3.8) is 0 Å². The van der Waals surface area contributed by atoms with Crippen LogP contribution in [0.5, 0.6) is 0 Å². The molecule has 2 aromatic carbocycles. The van der Waals surface area contributed by atoms with Gasteiger partial charge in [-0.05, 0) is 41.7 Å². The van der Waals surface area contributed by atoms with Crippen LogP contribution >= 0.6 is 23.2 Å². The minimum absolute atomic E-state index is 0.0249. The molecule has 2 aromatic rings. The fraction of sp³-hybridized carbons (Fsp3) is 0.500. The number of rotatable bonds is 8. The van der Waals surface area contributed by atoms with Crippen molar-refractivity contribution in [1.29, 1.82) is 0 Å². The predicted octanol–water partition coefficient (Wildman–Crippen LogP) is 3.73. The summed E-state index contributed by atoms with van der Waals surface area (Å²) in [6.45, 7) is 8.33. The molecule has 2 amide bonds.